The van der Waals surface area contributed by atoms with E-state index in [9.17, 15) is 23.9 Å². The van der Waals surface area contributed by atoms with Gasteiger partial charge in [-0.25, -0.2) is 4.39 Å². The van der Waals surface area contributed by atoms with Gasteiger partial charge in [-0.2, -0.15) is 0 Å². The molecule has 2 fully saturated rings. The van der Waals surface area contributed by atoms with Crippen LogP contribution >= 0.6 is 0 Å². The number of benzene rings is 2. The third-order valence-electron chi connectivity index (χ3n) is 7.29. The van der Waals surface area contributed by atoms with E-state index in [0.717, 1.165) is 10.5 Å². The number of aliphatic hydroxyl groups is 1. The Morgan fingerprint density at radius 3 is 2.51 bits per heavy atom. The van der Waals surface area contributed by atoms with Gasteiger partial charge < -0.3 is 19.9 Å². The number of halogens is 1. The molecule has 35 heavy (non-hydrogen) atoms. The zero-order valence-corrected chi connectivity index (χ0v) is 19.5. The minimum Gasteiger partial charge on any atom is -0.493 e. The number of amides is 3. The van der Waals surface area contributed by atoms with Crippen LogP contribution < -0.4 is 20.1 Å². The number of anilines is 1. The molecule has 0 aromatic heterocycles. The zero-order valence-electron chi connectivity index (χ0n) is 19.5. The highest BCUT2D eigenvalue weighted by Gasteiger charge is 2.71. The van der Waals surface area contributed by atoms with Crippen molar-refractivity contribution in [3.8, 4) is 11.5 Å². The first kappa shape index (κ1) is 23.3. The fraction of sp³-hybridized carbons (Fsp3) is 0.400. The van der Waals surface area contributed by atoms with Crippen molar-refractivity contribution in [2.45, 2.75) is 31.0 Å². The average Bonchev–Trinajstić information content (AvgIpc) is 3.43. The van der Waals surface area contributed by atoms with Crippen LogP contribution in [0.2, 0.25) is 0 Å². The van der Waals surface area contributed by atoms with Gasteiger partial charge in [0.15, 0.2) is 11.5 Å². The number of methoxy groups -OCH3 is 2. The molecule has 3 amide bonds. The Bertz CT molecular complexity index is 1230. The molecule has 5 rings (SSSR count). The molecule has 184 valence electrons. The van der Waals surface area contributed by atoms with Crippen molar-refractivity contribution in [3.05, 3.63) is 53.3 Å². The summed E-state index contributed by atoms with van der Waals surface area (Å²) in [7, 11) is 3.05. The molecule has 2 aromatic carbocycles. The number of imide groups is 1. The van der Waals surface area contributed by atoms with Crippen molar-refractivity contribution in [3.63, 3.8) is 0 Å². The van der Waals surface area contributed by atoms with Crippen molar-refractivity contribution >= 4 is 23.4 Å². The van der Waals surface area contributed by atoms with Gasteiger partial charge in [0.2, 0.25) is 17.7 Å². The molecule has 0 saturated carbocycles. The van der Waals surface area contributed by atoms with Crippen molar-refractivity contribution in [2.75, 3.05) is 26.1 Å². The predicted octanol–water partition coefficient (Wildman–Crippen LogP) is 1.19. The van der Waals surface area contributed by atoms with E-state index in [1.54, 1.807) is 12.1 Å². The Balaban J connectivity index is 1.49. The smallest absolute Gasteiger partial charge is 0.250 e. The van der Waals surface area contributed by atoms with Crippen molar-refractivity contribution in [1.29, 1.82) is 0 Å². The maximum Gasteiger partial charge on any atom is 0.250 e. The normalized spacial score (nSPS) is 27.7. The van der Waals surface area contributed by atoms with Crippen LogP contribution in [-0.4, -0.2) is 60.6 Å². The van der Waals surface area contributed by atoms with Gasteiger partial charge in [0.25, 0.3) is 0 Å². The molecule has 3 unspecified atom stereocenters. The highest BCUT2D eigenvalue weighted by molar-refractivity contribution is 6.15. The summed E-state index contributed by atoms with van der Waals surface area (Å²) < 4.78 is 24.8. The third kappa shape index (κ3) is 3.31. The average molecular weight is 483 g/mol. The fourth-order valence-corrected chi connectivity index (χ4v) is 5.68. The molecule has 1 spiro atoms. The Hall–Kier alpha value is -3.50. The number of nitrogens with zero attached hydrogens (tertiary/aromatic N) is 1. The molecule has 3 aliphatic rings. The van der Waals surface area contributed by atoms with Crippen LogP contribution in [0.25, 0.3) is 0 Å². The van der Waals surface area contributed by atoms with E-state index >= 15 is 0 Å². The van der Waals surface area contributed by atoms with Crippen LogP contribution in [0.15, 0.2) is 36.4 Å². The van der Waals surface area contributed by atoms with Crippen molar-refractivity contribution in [1.82, 2.24) is 10.2 Å². The number of hydrogen-bond donors (Lipinski definition) is 3. The first-order chi connectivity index (χ1) is 16.7. The van der Waals surface area contributed by atoms with Crippen LogP contribution in [0.5, 0.6) is 11.5 Å². The van der Waals surface area contributed by atoms with Crippen LogP contribution in [0.3, 0.4) is 0 Å². The van der Waals surface area contributed by atoms with Gasteiger partial charge in [0.1, 0.15) is 11.4 Å². The minimum absolute atomic E-state index is 0.0837. The maximum absolute atomic E-state index is 14.2. The maximum atomic E-state index is 14.2. The molecule has 10 heteroatoms. The van der Waals surface area contributed by atoms with Gasteiger partial charge in [-0.05, 0) is 49.2 Å². The summed E-state index contributed by atoms with van der Waals surface area (Å²) >= 11 is 0. The molecule has 5 atom stereocenters. The van der Waals surface area contributed by atoms with Gasteiger partial charge in [-0.15, -0.1) is 0 Å². The van der Waals surface area contributed by atoms with Gasteiger partial charge >= 0.3 is 0 Å². The quantitative estimate of drug-likeness (QED) is 0.529. The summed E-state index contributed by atoms with van der Waals surface area (Å²) in [5.74, 6) is -3.09. The van der Waals surface area contributed by atoms with E-state index < -0.39 is 53.1 Å². The summed E-state index contributed by atoms with van der Waals surface area (Å²) in [6.07, 6.45) is -0.677. The lowest BCUT2D eigenvalue weighted by Gasteiger charge is -2.30. The van der Waals surface area contributed by atoms with E-state index in [1.807, 2.05) is 6.07 Å². The predicted molar refractivity (Wildman–Crippen MR) is 122 cm³/mol. The monoisotopic (exact) mass is 483 g/mol. The first-order valence-electron chi connectivity index (χ1n) is 11.4. The van der Waals surface area contributed by atoms with E-state index in [1.165, 1.54) is 39.3 Å². The van der Waals surface area contributed by atoms with Crippen LogP contribution in [0, 0.1) is 17.7 Å². The third-order valence-corrected chi connectivity index (χ3v) is 7.29. The largest absolute Gasteiger partial charge is 0.493 e. The number of carbonyl (C=O) groups excluding carboxylic acids is 3. The number of fused-ring (bicyclic) bond motifs is 4. The Morgan fingerprint density at radius 2 is 1.83 bits per heavy atom. The number of carbonyl (C=O) groups is 3. The number of aliphatic hydroxyl groups excluding tert-OH is 1. The van der Waals surface area contributed by atoms with Crippen LogP contribution in [0.4, 0.5) is 10.1 Å². The molecule has 2 saturated heterocycles. The van der Waals surface area contributed by atoms with E-state index in [-0.39, 0.29) is 12.1 Å². The summed E-state index contributed by atoms with van der Waals surface area (Å²) in [6, 6.07) is 8.32. The lowest BCUT2D eigenvalue weighted by atomic mass is 9.76. The minimum atomic E-state index is -1.64. The van der Waals surface area contributed by atoms with Gasteiger partial charge in [0.05, 0.1) is 32.2 Å². The second-order valence-corrected chi connectivity index (χ2v) is 9.13. The van der Waals surface area contributed by atoms with Crippen LogP contribution in [-0.2, 0) is 26.3 Å². The standard InChI is InChI=1S/C25H26FN3O6/c1-12(30)21-19-20(25(28-21)15-11-14(26)5-6-16(15)27-24(25)33)23(32)29(22(19)31)9-8-13-4-7-17(34-2)18(10-13)35-3/h4-7,10-12,19-21,28,30H,8-9H2,1-3H3,(H,27,33)/t12?,19-,20-,21?,25?/m0/s1. The summed E-state index contributed by atoms with van der Waals surface area (Å²) in [6.45, 7) is 1.58. The zero-order chi connectivity index (χ0) is 25.1. The summed E-state index contributed by atoms with van der Waals surface area (Å²) in [4.78, 5) is 41.6. The summed E-state index contributed by atoms with van der Waals surface area (Å²) in [5.41, 5.74) is -0.179. The molecule has 0 radical (unpaired) electrons. The van der Waals surface area contributed by atoms with Crippen molar-refractivity contribution in [2.24, 2.45) is 11.8 Å². The lowest BCUT2D eigenvalue weighted by Crippen LogP contribution is -2.55. The number of rotatable bonds is 6. The Kier molecular flexibility index (Phi) is 5.52. The molecule has 3 N–H and O–H groups in total. The highest BCUT2D eigenvalue weighted by atomic mass is 19.1. The number of likely N-dealkylation sites (tertiary alicyclic amines) is 1. The second kappa shape index (κ2) is 8.31. The molecule has 2 aromatic rings. The highest BCUT2D eigenvalue weighted by Crippen LogP contribution is 2.53. The first-order valence-corrected chi connectivity index (χ1v) is 11.4. The molecule has 9 nitrogen and oxygen atoms in total. The Morgan fingerprint density at radius 1 is 1.09 bits per heavy atom. The van der Waals surface area contributed by atoms with E-state index in [0.29, 0.717) is 23.6 Å². The van der Waals surface area contributed by atoms with E-state index in [2.05, 4.69) is 10.6 Å². The molecule has 0 bridgehead atoms. The van der Waals surface area contributed by atoms with Crippen LogP contribution in [0.1, 0.15) is 18.1 Å². The SMILES string of the molecule is COc1ccc(CCN2C(=O)[C@@H]3C(C(C)O)NC4(C(=O)Nc5ccc(F)cc54)[C@@H]3C2=O)cc1OC. The lowest BCUT2D eigenvalue weighted by molar-refractivity contribution is -0.143. The van der Waals surface area contributed by atoms with Gasteiger partial charge in [-0.3, -0.25) is 24.6 Å². The fourth-order valence-electron chi connectivity index (χ4n) is 5.68. The second-order valence-electron chi connectivity index (χ2n) is 9.13. The number of ether oxygens (including phenoxy) is 2. The molecular formula is C25H26FN3O6. The summed E-state index contributed by atoms with van der Waals surface area (Å²) in [5, 5.41) is 16.2. The number of hydrogen-bond acceptors (Lipinski definition) is 7. The topological polar surface area (TPSA) is 117 Å². The number of nitrogens with one attached hydrogen (secondary N) is 2. The van der Waals surface area contributed by atoms with E-state index in [4.69, 9.17) is 9.47 Å². The molecule has 3 heterocycles. The van der Waals surface area contributed by atoms with Crippen molar-refractivity contribution < 1.29 is 33.4 Å². The van der Waals surface area contributed by atoms with Gasteiger partial charge in [-0.1, -0.05) is 6.07 Å². The molecule has 0 aliphatic carbocycles. The molecular weight excluding hydrogens is 457 g/mol. The Labute approximate surface area is 201 Å². The van der Waals surface area contributed by atoms with Gasteiger partial charge in [0, 0.05) is 23.8 Å². The molecule has 3 aliphatic heterocycles.